The highest BCUT2D eigenvalue weighted by Crippen LogP contribution is 2.29. The number of methoxy groups -OCH3 is 1. The van der Waals surface area contributed by atoms with Gasteiger partial charge in [-0.3, -0.25) is 19.2 Å². The van der Waals surface area contributed by atoms with E-state index < -0.39 is 41.4 Å². The SMILES string of the molecule is COC[C@H](NC(=O)c1cc(C)on1)C(=O)N[C@@H](C)C(=O)N[C@@H](CC(C)C)C(=O)[C@@]1(C)CO1. The monoisotopic (exact) mass is 452 g/mol. The highest BCUT2D eigenvalue weighted by atomic mass is 16.6. The molecule has 1 aliphatic rings. The number of nitrogens with zero attached hydrogens (tertiary/aromatic N) is 1. The lowest BCUT2D eigenvalue weighted by molar-refractivity contribution is -0.133. The summed E-state index contributed by atoms with van der Waals surface area (Å²) in [6, 6.07) is -1.31. The molecule has 178 valence electrons. The maximum Gasteiger partial charge on any atom is 0.274 e. The number of Topliss-reactive ketones (excluding diaryl/α,β-unsaturated/α-hetero) is 1. The number of carbonyl (C=O) groups excluding carboxylic acids is 4. The maximum atomic E-state index is 12.7. The van der Waals surface area contributed by atoms with E-state index in [1.54, 1.807) is 13.8 Å². The van der Waals surface area contributed by atoms with Gasteiger partial charge in [0.05, 0.1) is 19.3 Å². The minimum Gasteiger partial charge on any atom is -0.382 e. The van der Waals surface area contributed by atoms with Crippen molar-refractivity contribution < 1.29 is 33.2 Å². The van der Waals surface area contributed by atoms with Crippen LogP contribution >= 0.6 is 0 Å². The molecule has 0 spiro atoms. The van der Waals surface area contributed by atoms with Crippen molar-refractivity contribution in [1.82, 2.24) is 21.1 Å². The first-order chi connectivity index (χ1) is 15.0. The average Bonchev–Trinajstić information content (AvgIpc) is 3.32. The molecule has 1 fully saturated rings. The number of aryl methyl sites for hydroxylation is 1. The van der Waals surface area contributed by atoms with Crippen molar-refractivity contribution >= 4 is 23.5 Å². The van der Waals surface area contributed by atoms with Gasteiger partial charge in [0.2, 0.25) is 11.8 Å². The van der Waals surface area contributed by atoms with Crippen molar-refractivity contribution in [3.05, 3.63) is 17.5 Å². The molecule has 11 heteroatoms. The summed E-state index contributed by atoms with van der Waals surface area (Å²) >= 11 is 0. The molecule has 0 radical (unpaired) electrons. The lowest BCUT2D eigenvalue weighted by Gasteiger charge is -2.24. The fourth-order valence-electron chi connectivity index (χ4n) is 3.05. The van der Waals surface area contributed by atoms with Crippen LogP contribution in [0, 0.1) is 12.8 Å². The number of hydrogen-bond donors (Lipinski definition) is 3. The Balaban J connectivity index is 1.98. The number of ketones is 1. The molecule has 0 aromatic carbocycles. The molecule has 0 unspecified atom stereocenters. The summed E-state index contributed by atoms with van der Waals surface area (Å²) in [5, 5.41) is 11.4. The summed E-state index contributed by atoms with van der Waals surface area (Å²) in [6.07, 6.45) is 0.448. The summed E-state index contributed by atoms with van der Waals surface area (Å²) in [4.78, 5) is 50.3. The van der Waals surface area contributed by atoms with Crippen molar-refractivity contribution in [2.75, 3.05) is 20.3 Å². The average molecular weight is 453 g/mol. The highest BCUT2D eigenvalue weighted by molar-refractivity contribution is 5.99. The van der Waals surface area contributed by atoms with E-state index in [1.807, 2.05) is 13.8 Å². The molecule has 3 amide bonds. The van der Waals surface area contributed by atoms with E-state index in [2.05, 4.69) is 21.1 Å². The van der Waals surface area contributed by atoms with Crippen LogP contribution in [0.5, 0.6) is 0 Å². The van der Waals surface area contributed by atoms with Crippen LogP contribution in [0.3, 0.4) is 0 Å². The minimum atomic E-state index is -1.06. The van der Waals surface area contributed by atoms with Gasteiger partial charge in [-0.25, -0.2) is 0 Å². The molecule has 1 saturated heterocycles. The Bertz CT molecular complexity index is 847. The molecular formula is C21H32N4O7. The molecule has 1 aromatic heterocycles. The second-order valence-corrected chi connectivity index (χ2v) is 8.61. The van der Waals surface area contributed by atoms with E-state index in [4.69, 9.17) is 14.0 Å². The van der Waals surface area contributed by atoms with Crippen molar-refractivity contribution in [2.45, 2.75) is 64.8 Å². The predicted octanol–water partition coefficient (Wildman–Crippen LogP) is 0.121. The number of nitrogens with one attached hydrogen (secondary N) is 3. The number of epoxide rings is 1. The number of rotatable bonds is 12. The fraction of sp³-hybridized carbons (Fsp3) is 0.667. The Morgan fingerprint density at radius 3 is 2.28 bits per heavy atom. The van der Waals surface area contributed by atoms with E-state index >= 15 is 0 Å². The van der Waals surface area contributed by atoms with E-state index in [0.717, 1.165) is 0 Å². The minimum absolute atomic E-state index is 0.0213. The smallest absolute Gasteiger partial charge is 0.274 e. The van der Waals surface area contributed by atoms with Gasteiger partial charge >= 0.3 is 0 Å². The van der Waals surface area contributed by atoms with E-state index in [1.165, 1.54) is 20.1 Å². The van der Waals surface area contributed by atoms with Gasteiger partial charge in [-0.2, -0.15) is 0 Å². The lowest BCUT2D eigenvalue weighted by Crippen LogP contribution is -2.56. The van der Waals surface area contributed by atoms with Crippen LogP contribution in [-0.2, 0) is 23.9 Å². The first kappa shape index (κ1) is 25.5. The summed E-state index contributed by atoms with van der Waals surface area (Å²) in [7, 11) is 1.38. The van der Waals surface area contributed by atoms with Crippen molar-refractivity contribution in [1.29, 1.82) is 0 Å². The molecule has 0 aliphatic carbocycles. The van der Waals surface area contributed by atoms with Gasteiger partial charge in [-0.1, -0.05) is 19.0 Å². The maximum absolute atomic E-state index is 12.7. The molecule has 1 aliphatic heterocycles. The quantitative estimate of drug-likeness (QED) is 0.378. The standard InChI is InChI=1S/C21H32N4O7/c1-11(2)7-14(17(26)21(5)10-31-21)23-18(27)13(4)22-20(29)16(9-30-6)24-19(28)15-8-12(3)32-25-15/h8,11,13-14,16H,7,9-10H2,1-6H3,(H,22,29)(H,23,27)(H,24,28)/t13-,14-,16-,21+/m0/s1. The normalized spacial score (nSPS) is 20.2. The molecule has 32 heavy (non-hydrogen) atoms. The number of aromatic nitrogens is 1. The van der Waals surface area contributed by atoms with E-state index in [9.17, 15) is 19.2 Å². The van der Waals surface area contributed by atoms with Gasteiger partial charge in [-0.15, -0.1) is 0 Å². The van der Waals surface area contributed by atoms with Crippen molar-refractivity contribution in [3.63, 3.8) is 0 Å². The molecule has 3 N–H and O–H groups in total. The van der Waals surface area contributed by atoms with E-state index in [-0.39, 0.29) is 24.0 Å². The Labute approximate surface area is 186 Å². The molecular weight excluding hydrogens is 420 g/mol. The third kappa shape index (κ3) is 6.86. The van der Waals surface area contributed by atoms with Crippen molar-refractivity contribution in [3.8, 4) is 0 Å². The summed E-state index contributed by atoms with van der Waals surface area (Å²) in [6.45, 7) is 8.92. The predicted molar refractivity (Wildman–Crippen MR) is 113 cm³/mol. The van der Waals surface area contributed by atoms with Gasteiger partial charge in [0.1, 0.15) is 23.4 Å². The van der Waals surface area contributed by atoms with Crippen LogP contribution in [0.4, 0.5) is 0 Å². The van der Waals surface area contributed by atoms with Crippen LogP contribution in [-0.4, -0.2) is 72.7 Å². The Kier molecular flexibility index (Phi) is 8.51. The molecule has 0 bridgehead atoms. The van der Waals surface area contributed by atoms with Crippen molar-refractivity contribution in [2.24, 2.45) is 5.92 Å². The van der Waals surface area contributed by atoms with Crippen LogP contribution in [0.15, 0.2) is 10.6 Å². The lowest BCUT2D eigenvalue weighted by atomic mass is 9.93. The fourth-order valence-corrected chi connectivity index (χ4v) is 3.05. The number of carbonyl (C=O) groups is 4. The zero-order valence-electron chi connectivity index (χ0n) is 19.3. The molecule has 1 aromatic rings. The van der Waals surface area contributed by atoms with Crippen LogP contribution in [0.1, 0.15) is 50.4 Å². The Hall–Kier alpha value is -2.79. The Morgan fingerprint density at radius 2 is 1.78 bits per heavy atom. The zero-order chi connectivity index (χ0) is 24.1. The number of amides is 3. The highest BCUT2D eigenvalue weighted by Gasteiger charge is 2.50. The number of ether oxygens (including phenoxy) is 2. The van der Waals surface area contributed by atoms with Gasteiger partial charge in [-0.05, 0) is 33.1 Å². The van der Waals surface area contributed by atoms with Gasteiger partial charge < -0.3 is 29.9 Å². The van der Waals surface area contributed by atoms with E-state index in [0.29, 0.717) is 18.8 Å². The second-order valence-electron chi connectivity index (χ2n) is 8.61. The molecule has 0 saturated carbocycles. The third-order valence-electron chi connectivity index (χ3n) is 5.01. The number of hydrogen-bond acceptors (Lipinski definition) is 8. The Morgan fingerprint density at radius 1 is 1.12 bits per heavy atom. The largest absolute Gasteiger partial charge is 0.382 e. The second kappa shape index (κ2) is 10.7. The summed E-state index contributed by atoms with van der Waals surface area (Å²) in [5.41, 5.74) is -0.847. The molecule has 2 heterocycles. The van der Waals surface area contributed by atoms with Crippen LogP contribution in [0.25, 0.3) is 0 Å². The molecule has 2 rings (SSSR count). The van der Waals surface area contributed by atoms with Gasteiger partial charge in [0.25, 0.3) is 5.91 Å². The topological polar surface area (TPSA) is 152 Å². The van der Waals surface area contributed by atoms with Crippen LogP contribution < -0.4 is 16.0 Å². The van der Waals surface area contributed by atoms with Gasteiger partial charge in [0, 0.05) is 13.2 Å². The summed E-state index contributed by atoms with van der Waals surface area (Å²) in [5.74, 6) is -1.33. The molecule has 4 atom stereocenters. The molecule has 11 nitrogen and oxygen atoms in total. The first-order valence-corrected chi connectivity index (χ1v) is 10.5. The summed E-state index contributed by atoms with van der Waals surface area (Å²) < 4.78 is 15.1. The van der Waals surface area contributed by atoms with Gasteiger partial charge in [0.15, 0.2) is 11.5 Å². The zero-order valence-corrected chi connectivity index (χ0v) is 19.3. The third-order valence-corrected chi connectivity index (χ3v) is 5.01. The first-order valence-electron chi connectivity index (χ1n) is 10.5. The van der Waals surface area contributed by atoms with Crippen LogP contribution in [0.2, 0.25) is 0 Å².